The van der Waals surface area contributed by atoms with Crippen molar-refractivity contribution in [2.45, 2.75) is 65.2 Å². The molecule has 6 heteroatoms. The van der Waals surface area contributed by atoms with E-state index in [9.17, 15) is 14.7 Å². The molecule has 0 bridgehead atoms. The van der Waals surface area contributed by atoms with Gasteiger partial charge in [-0.15, -0.1) is 0 Å². The summed E-state index contributed by atoms with van der Waals surface area (Å²) < 4.78 is 10.8. The standard InChI is InChI=1S/C18H27NO5/c1-6-12(2)23-14-9-7-13(8-10-14)11-15(16(20)21)19-17(22)24-18(3,4)5/h7-10,12,15H,6,11H2,1-5H3,(H,19,22)(H,20,21). The van der Waals surface area contributed by atoms with Gasteiger partial charge in [-0.2, -0.15) is 0 Å². The molecule has 0 aliphatic rings. The lowest BCUT2D eigenvalue weighted by Gasteiger charge is -2.22. The average Bonchev–Trinajstić information content (AvgIpc) is 2.46. The molecule has 0 aliphatic carbocycles. The fraction of sp³-hybridized carbons (Fsp3) is 0.556. The minimum atomic E-state index is -1.11. The highest BCUT2D eigenvalue weighted by Gasteiger charge is 2.24. The second-order valence-corrected chi connectivity index (χ2v) is 6.72. The van der Waals surface area contributed by atoms with Gasteiger partial charge in [0.05, 0.1) is 6.10 Å². The molecule has 0 spiro atoms. The number of carbonyl (C=O) groups is 2. The van der Waals surface area contributed by atoms with Gasteiger partial charge in [-0.1, -0.05) is 19.1 Å². The molecule has 2 unspecified atom stereocenters. The predicted octanol–water partition coefficient (Wildman–Crippen LogP) is 3.38. The second kappa shape index (κ2) is 8.57. The number of ether oxygens (including phenoxy) is 2. The molecule has 0 saturated carbocycles. The summed E-state index contributed by atoms with van der Waals surface area (Å²) in [5, 5.41) is 11.7. The number of carboxylic acid groups (broad SMARTS) is 1. The minimum absolute atomic E-state index is 0.122. The van der Waals surface area contributed by atoms with E-state index in [1.807, 2.05) is 13.8 Å². The van der Waals surface area contributed by atoms with Crippen LogP contribution in [-0.2, 0) is 16.0 Å². The van der Waals surface area contributed by atoms with Crippen LogP contribution in [0, 0.1) is 0 Å². The van der Waals surface area contributed by atoms with E-state index in [4.69, 9.17) is 9.47 Å². The highest BCUT2D eigenvalue weighted by atomic mass is 16.6. The van der Waals surface area contributed by atoms with Crippen LogP contribution < -0.4 is 10.1 Å². The maximum atomic E-state index is 11.8. The molecule has 2 atom stereocenters. The summed E-state index contributed by atoms with van der Waals surface area (Å²) in [5.41, 5.74) is 0.109. The Kier molecular flexibility index (Phi) is 7.07. The quantitative estimate of drug-likeness (QED) is 0.797. The first-order valence-electron chi connectivity index (χ1n) is 8.08. The number of hydrogen-bond acceptors (Lipinski definition) is 4. The highest BCUT2D eigenvalue weighted by Crippen LogP contribution is 2.16. The van der Waals surface area contributed by atoms with Gasteiger partial charge < -0.3 is 19.9 Å². The van der Waals surface area contributed by atoms with Gasteiger partial charge in [-0.25, -0.2) is 9.59 Å². The Labute approximate surface area is 143 Å². The molecular formula is C18H27NO5. The summed E-state index contributed by atoms with van der Waals surface area (Å²) in [7, 11) is 0. The molecule has 6 nitrogen and oxygen atoms in total. The number of carboxylic acids is 1. The first-order chi connectivity index (χ1) is 11.1. The third kappa shape index (κ3) is 7.35. The van der Waals surface area contributed by atoms with Crippen molar-refractivity contribution in [3.8, 4) is 5.75 Å². The van der Waals surface area contributed by atoms with Crippen molar-refractivity contribution in [1.29, 1.82) is 0 Å². The highest BCUT2D eigenvalue weighted by molar-refractivity contribution is 5.80. The normalized spacial score (nSPS) is 13.7. The van der Waals surface area contributed by atoms with Gasteiger partial charge in [-0.05, 0) is 51.8 Å². The van der Waals surface area contributed by atoms with Crippen molar-refractivity contribution in [3.05, 3.63) is 29.8 Å². The average molecular weight is 337 g/mol. The van der Waals surface area contributed by atoms with Crippen LogP contribution in [0.2, 0.25) is 0 Å². The van der Waals surface area contributed by atoms with Crippen LogP contribution >= 0.6 is 0 Å². The Morgan fingerprint density at radius 1 is 1.21 bits per heavy atom. The summed E-state index contributed by atoms with van der Waals surface area (Å²) >= 11 is 0. The Balaban J connectivity index is 2.68. The van der Waals surface area contributed by atoms with Crippen LogP contribution in [0.1, 0.15) is 46.6 Å². The van der Waals surface area contributed by atoms with Gasteiger partial charge in [0.2, 0.25) is 0 Å². The molecule has 1 amide bonds. The molecule has 0 fully saturated rings. The molecule has 0 radical (unpaired) electrons. The molecule has 24 heavy (non-hydrogen) atoms. The van der Waals surface area contributed by atoms with Crippen molar-refractivity contribution >= 4 is 12.1 Å². The lowest BCUT2D eigenvalue weighted by atomic mass is 10.1. The Bertz CT molecular complexity index is 548. The maximum absolute atomic E-state index is 11.8. The van der Waals surface area contributed by atoms with Gasteiger partial charge in [0.1, 0.15) is 17.4 Å². The zero-order chi connectivity index (χ0) is 18.3. The third-order valence-corrected chi connectivity index (χ3v) is 3.26. The minimum Gasteiger partial charge on any atom is -0.491 e. The summed E-state index contributed by atoms with van der Waals surface area (Å²) in [5.74, 6) is -0.374. The van der Waals surface area contributed by atoms with Crippen LogP contribution in [0.15, 0.2) is 24.3 Å². The molecule has 0 aromatic heterocycles. The number of nitrogens with one attached hydrogen (secondary N) is 1. The van der Waals surface area contributed by atoms with Gasteiger partial charge in [0, 0.05) is 6.42 Å². The van der Waals surface area contributed by atoms with E-state index < -0.39 is 23.7 Å². The molecule has 2 N–H and O–H groups in total. The van der Waals surface area contributed by atoms with Crippen LogP contribution in [0.3, 0.4) is 0 Å². The van der Waals surface area contributed by atoms with Crippen LogP contribution in [0.5, 0.6) is 5.75 Å². The predicted molar refractivity (Wildman–Crippen MR) is 91.3 cm³/mol. The van der Waals surface area contributed by atoms with Crippen LogP contribution in [0.25, 0.3) is 0 Å². The monoisotopic (exact) mass is 337 g/mol. The summed E-state index contributed by atoms with van der Waals surface area (Å²) in [6.07, 6.45) is 0.448. The summed E-state index contributed by atoms with van der Waals surface area (Å²) in [6, 6.07) is 6.14. The molecule has 0 aliphatic heterocycles. The smallest absolute Gasteiger partial charge is 0.408 e. The summed E-state index contributed by atoms with van der Waals surface area (Å²) in [4.78, 5) is 23.1. The number of rotatable bonds is 7. The number of aliphatic carboxylic acids is 1. The first-order valence-corrected chi connectivity index (χ1v) is 8.08. The number of amides is 1. The van der Waals surface area contributed by atoms with Crippen LogP contribution in [0.4, 0.5) is 4.79 Å². The second-order valence-electron chi connectivity index (χ2n) is 6.72. The molecule has 0 saturated heterocycles. The SMILES string of the molecule is CCC(C)Oc1ccc(CC(NC(=O)OC(C)(C)C)C(=O)O)cc1. The molecule has 1 rings (SSSR count). The van der Waals surface area contributed by atoms with E-state index in [1.165, 1.54) is 0 Å². The van der Waals surface area contributed by atoms with Crippen LogP contribution in [-0.4, -0.2) is 34.9 Å². The molecule has 0 heterocycles. The fourth-order valence-corrected chi connectivity index (χ4v) is 1.91. The van der Waals surface area contributed by atoms with E-state index >= 15 is 0 Å². The van der Waals surface area contributed by atoms with Crippen molar-refractivity contribution in [2.24, 2.45) is 0 Å². The Morgan fingerprint density at radius 2 is 1.79 bits per heavy atom. The van der Waals surface area contributed by atoms with Gasteiger partial charge in [0.15, 0.2) is 0 Å². The number of benzene rings is 1. The zero-order valence-corrected chi connectivity index (χ0v) is 15.0. The van der Waals surface area contributed by atoms with Crippen molar-refractivity contribution in [3.63, 3.8) is 0 Å². The Morgan fingerprint density at radius 3 is 2.25 bits per heavy atom. The van der Waals surface area contributed by atoms with E-state index in [-0.39, 0.29) is 12.5 Å². The van der Waals surface area contributed by atoms with Crippen molar-refractivity contribution in [2.75, 3.05) is 0 Å². The topological polar surface area (TPSA) is 84.9 Å². The summed E-state index contributed by atoms with van der Waals surface area (Å²) in [6.45, 7) is 9.19. The van der Waals surface area contributed by atoms with Gasteiger partial charge in [0.25, 0.3) is 0 Å². The molecule has 134 valence electrons. The van der Waals surface area contributed by atoms with E-state index in [0.717, 1.165) is 17.7 Å². The maximum Gasteiger partial charge on any atom is 0.408 e. The van der Waals surface area contributed by atoms with Gasteiger partial charge >= 0.3 is 12.1 Å². The zero-order valence-electron chi connectivity index (χ0n) is 15.0. The van der Waals surface area contributed by atoms with Crippen molar-refractivity contribution < 1.29 is 24.2 Å². The number of hydrogen-bond donors (Lipinski definition) is 2. The lowest BCUT2D eigenvalue weighted by molar-refractivity contribution is -0.139. The molecule has 1 aromatic carbocycles. The third-order valence-electron chi connectivity index (χ3n) is 3.26. The van der Waals surface area contributed by atoms with E-state index in [0.29, 0.717) is 0 Å². The fourth-order valence-electron chi connectivity index (χ4n) is 1.91. The largest absolute Gasteiger partial charge is 0.491 e. The van der Waals surface area contributed by atoms with Crippen molar-refractivity contribution in [1.82, 2.24) is 5.32 Å². The Hall–Kier alpha value is -2.24. The molecular weight excluding hydrogens is 310 g/mol. The molecule has 1 aromatic rings. The number of alkyl carbamates (subject to hydrolysis) is 1. The number of carbonyl (C=O) groups excluding carboxylic acids is 1. The van der Waals surface area contributed by atoms with Gasteiger partial charge in [-0.3, -0.25) is 0 Å². The lowest BCUT2D eigenvalue weighted by Crippen LogP contribution is -2.44. The van der Waals surface area contributed by atoms with E-state index in [2.05, 4.69) is 5.32 Å². The van der Waals surface area contributed by atoms with E-state index in [1.54, 1.807) is 45.0 Å². The first kappa shape index (κ1) is 19.8.